The van der Waals surface area contributed by atoms with E-state index in [1.165, 1.54) is 12.1 Å². The Kier molecular flexibility index (Phi) is 6.12. The monoisotopic (exact) mass is 441 g/mol. The minimum absolute atomic E-state index is 0.0562. The molecule has 4 rings (SSSR count). The molecule has 1 aliphatic rings. The van der Waals surface area contributed by atoms with Gasteiger partial charge in [0.2, 0.25) is 0 Å². The SMILES string of the molecule is CC(CC(=O)O)c1c(NC(=O)N2CCC(c3ccc(F)cc3F)CC2)[nH]c2ccccc12. The first-order valence-corrected chi connectivity index (χ1v) is 10.7. The number of nitrogens with one attached hydrogen (secondary N) is 2. The van der Waals surface area contributed by atoms with E-state index in [0.717, 1.165) is 22.5 Å². The number of likely N-dealkylation sites (tertiary alicyclic amines) is 1. The first kappa shape index (κ1) is 21.8. The van der Waals surface area contributed by atoms with Gasteiger partial charge in [-0.3, -0.25) is 10.1 Å². The van der Waals surface area contributed by atoms with Gasteiger partial charge in [-0.15, -0.1) is 0 Å². The van der Waals surface area contributed by atoms with Crippen molar-refractivity contribution in [2.24, 2.45) is 0 Å². The van der Waals surface area contributed by atoms with Crippen molar-refractivity contribution < 1.29 is 23.5 Å². The second-order valence-electron chi connectivity index (χ2n) is 8.32. The van der Waals surface area contributed by atoms with Crippen LogP contribution < -0.4 is 5.32 Å². The molecule has 168 valence electrons. The van der Waals surface area contributed by atoms with Crippen molar-refractivity contribution >= 4 is 28.7 Å². The molecule has 3 aromatic rings. The van der Waals surface area contributed by atoms with Crippen molar-refractivity contribution in [2.45, 2.75) is 38.0 Å². The third-order valence-corrected chi connectivity index (χ3v) is 6.14. The summed E-state index contributed by atoms with van der Waals surface area (Å²) in [6.45, 7) is 2.70. The highest BCUT2D eigenvalue weighted by Gasteiger charge is 2.27. The fraction of sp³-hybridized carbons (Fsp3) is 0.333. The van der Waals surface area contributed by atoms with E-state index in [9.17, 15) is 23.5 Å². The molecule has 1 aromatic heterocycles. The van der Waals surface area contributed by atoms with E-state index in [1.807, 2.05) is 31.2 Å². The molecular formula is C24H25F2N3O3. The van der Waals surface area contributed by atoms with E-state index >= 15 is 0 Å². The molecule has 0 spiro atoms. The number of amides is 2. The maximum absolute atomic E-state index is 14.1. The van der Waals surface area contributed by atoms with Gasteiger partial charge in [0, 0.05) is 35.6 Å². The number of nitrogens with zero attached hydrogens (tertiary/aromatic N) is 1. The van der Waals surface area contributed by atoms with Crippen LogP contribution in [0.2, 0.25) is 0 Å². The summed E-state index contributed by atoms with van der Waals surface area (Å²) in [4.78, 5) is 29.1. The van der Waals surface area contributed by atoms with Crippen LogP contribution in [0.1, 0.15) is 49.1 Å². The highest BCUT2D eigenvalue weighted by Crippen LogP contribution is 2.35. The van der Waals surface area contributed by atoms with Crippen LogP contribution in [-0.2, 0) is 4.79 Å². The molecule has 0 aliphatic carbocycles. The summed E-state index contributed by atoms with van der Waals surface area (Å²) in [7, 11) is 0. The maximum atomic E-state index is 14.1. The molecule has 0 radical (unpaired) electrons. The van der Waals surface area contributed by atoms with Crippen LogP contribution in [-0.4, -0.2) is 40.1 Å². The second-order valence-corrected chi connectivity index (χ2v) is 8.32. The van der Waals surface area contributed by atoms with Crippen LogP contribution in [0.5, 0.6) is 0 Å². The number of benzene rings is 2. The molecule has 0 bridgehead atoms. The highest BCUT2D eigenvalue weighted by atomic mass is 19.1. The Morgan fingerprint density at radius 1 is 1.19 bits per heavy atom. The van der Waals surface area contributed by atoms with E-state index in [1.54, 1.807) is 4.90 Å². The fourth-order valence-electron chi connectivity index (χ4n) is 4.55. The van der Waals surface area contributed by atoms with Gasteiger partial charge >= 0.3 is 12.0 Å². The lowest BCUT2D eigenvalue weighted by Crippen LogP contribution is -2.40. The minimum atomic E-state index is -0.907. The van der Waals surface area contributed by atoms with E-state index in [-0.39, 0.29) is 24.3 Å². The molecule has 2 aromatic carbocycles. The van der Waals surface area contributed by atoms with Crippen LogP contribution >= 0.6 is 0 Å². The van der Waals surface area contributed by atoms with Crippen molar-refractivity contribution in [3.05, 3.63) is 65.2 Å². The molecule has 1 atom stereocenters. The molecule has 32 heavy (non-hydrogen) atoms. The molecule has 2 amide bonds. The molecule has 8 heteroatoms. The lowest BCUT2D eigenvalue weighted by molar-refractivity contribution is -0.137. The van der Waals surface area contributed by atoms with Crippen LogP contribution in [0, 0.1) is 11.6 Å². The number of rotatable bonds is 5. The number of halogens is 2. The normalized spacial score (nSPS) is 15.7. The molecule has 1 saturated heterocycles. The summed E-state index contributed by atoms with van der Waals surface area (Å²) in [5, 5.41) is 13.0. The van der Waals surface area contributed by atoms with Crippen molar-refractivity contribution in [3.63, 3.8) is 0 Å². The Hall–Kier alpha value is -3.42. The van der Waals surface area contributed by atoms with Crippen molar-refractivity contribution in [1.82, 2.24) is 9.88 Å². The number of hydrogen-bond acceptors (Lipinski definition) is 2. The van der Waals surface area contributed by atoms with Crippen molar-refractivity contribution in [1.29, 1.82) is 0 Å². The van der Waals surface area contributed by atoms with Crippen LogP contribution in [0.3, 0.4) is 0 Å². The number of aliphatic carboxylic acids is 1. The maximum Gasteiger partial charge on any atom is 0.322 e. The summed E-state index contributed by atoms with van der Waals surface area (Å²) < 4.78 is 27.3. The smallest absolute Gasteiger partial charge is 0.322 e. The highest BCUT2D eigenvalue weighted by molar-refractivity contribution is 5.96. The van der Waals surface area contributed by atoms with Gasteiger partial charge in [-0.05, 0) is 42.4 Å². The predicted molar refractivity (Wildman–Crippen MR) is 118 cm³/mol. The summed E-state index contributed by atoms with van der Waals surface area (Å²) in [5.41, 5.74) is 2.06. The third kappa shape index (κ3) is 4.44. The van der Waals surface area contributed by atoms with Crippen LogP contribution in [0.4, 0.5) is 19.4 Å². The predicted octanol–water partition coefficient (Wildman–Crippen LogP) is 5.44. The topological polar surface area (TPSA) is 85.4 Å². The Bertz CT molecular complexity index is 1150. The van der Waals surface area contributed by atoms with Gasteiger partial charge < -0.3 is 15.0 Å². The zero-order valence-corrected chi connectivity index (χ0v) is 17.7. The zero-order chi connectivity index (χ0) is 22.8. The number of para-hydroxylation sites is 1. The molecular weight excluding hydrogens is 416 g/mol. The average molecular weight is 441 g/mol. The van der Waals surface area contributed by atoms with E-state index in [2.05, 4.69) is 10.3 Å². The van der Waals surface area contributed by atoms with Crippen LogP contribution in [0.25, 0.3) is 10.9 Å². The Balaban J connectivity index is 1.48. The number of hydrogen-bond donors (Lipinski definition) is 3. The molecule has 6 nitrogen and oxygen atoms in total. The number of piperidine rings is 1. The van der Waals surface area contributed by atoms with Gasteiger partial charge in [0.15, 0.2) is 0 Å². The van der Waals surface area contributed by atoms with E-state index in [4.69, 9.17) is 0 Å². The first-order valence-electron chi connectivity index (χ1n) is 10.7. The summed E-state index contributed by atoms with van der Waals surface area (Å²) >= 11 is 0. The van der Waals surface area contributed by atoms with Gasteiger partial charge in [-0.2, -0.15) is 0 Å². The standard InChI is InChI=1S/C24H25F2N3O3/c1-14(12-21(30)31)22-18-4-2-3-5-20(18)27-23(22)28-24(32)29-10-8-15(9-11-29)17-7-6-16(25)13-19(17)26/h2-7,13-15,27H,8-12H2,1H3,(H,28,32)(H,30,31). The molecule has 3 N–H and O–H groups in total. The number of aromatic nitrogens is 1. The molecule has 1 unspecified atom stereocenters. The zero-order valence-electron chi connectivity index (χ0n) is 17.7. The number of aromatic amines is 1. The van der Waals surface area contributed by atoms with E-state index in [0.29, 0.717) is 37.3 Å². The lowest BCUT2D eigenvalue weighted by Gasteiger charge is -2.32. The first-order chi connectivity index (χ1) is 15.3. The molecule has 2 heterocycles. The fourth-order valence-corrected chi connectivity index (χ4v) is 4.55. The largest absolute Gasteiger partial charge is 0.481 e. The summed E-state index contributed by atoms with van der Waals surface area (Å²) in [5.74, 6) is -1.94. The third-order valence-electron chi connectivity index (χ3n) is 6.14. The summed E-state index contributed by atoms with van der Waals surface area (Å²) in [6, 6.07) is 10.9. The second kappa shape index (κ2) is 8.98. The number of carboxylic acids is 1. The number of fused-ring (bicyclic) bond motifs is 1. The number of anilines is 1. The van der Waals surface area contributed by atoms with Gasteiger partial charge in [-0.25, -0.2) is 13.6 Å². The molecule has 0 saturated carbocycles. The number of carbonyl (C=O) groups is 2. The summed E-state index contributed by atoms with van der Waals surface area (Å²) in [6.07, 6.45) is 1.09. The average Bonchev–Trinajstić information content (AvgIpc) is 3.11. The van der Waals surface area contributed by atoms with Crippen molar-refractivity contribution in [3.8, 4) is 0 Å². The number of carboxylic acid groups (broad SMARTS) is 1. The Labute approximate surface area is 184 Å². The van der Waals surface area contributed by atoms with Crippen LogP contribution in [0.15, 0.2) is 42.5 Å². The van der Waals surface area contributed by atoms with Gasteiger partial charge in [0.05, 0.1) is 6.42 Å². The van der Waals surface area contributed by atoms with Crippen molar-refractivity contribution in [2.75, 3.05) is 18.4 Å². The van der Waals surface area contributed by atoms with E-state index < -0.39 is 17.6 Å². The lowest BCUT2D eigenvalue weighted by atomic mass is 9.89. The quantitative estimate of drug-likeness (QED) is 0.493. The minimum Gasteiger partial charge on any atom is -0.481 e. The number of carbonyl (C=O) groups excluding carboxylic acids is 1. The van der Waals surface area contributed by atoms with Gasteiger partial charge in [0.1, 0.15) is 17.5 Å². The molecule has 1 aliphatic heterocycles. The number of H-pyrrole nitrogens is 1. The van der Waals surface area contributed by atoms with Gasteiger partial charge in [0.25, 0.3) is 0 Å². The number of urea groups is 1. The Morgan fingerprint density at radius 3 is 2.59 bits per heavy atom. The van der Waals surface area contributed by atoms with Gasteiger partial charge in [-0.1, -0.05) is 31.2 Å². The molecule has 1 fully saturated rings. The Morgan fingerprint density at radius 2 is 1.91 bits per heavy atom.